The minimum Gasteiger partial charge on any atom is -0.311 e. The lowest BCUT2D eigenvalue weighted by Gasteiger charge is -2.18. The third kappa shape index (κ3) is 4.96. The first kappa shape index (κ1) is 19.6. The van der Waals surface area contributed by atoms with Gasteiger partial charge in [0, 0.05) is 24.3 Å². The SMILES string of the molecule is CN(C(=O)c1ccc(S(=O)(=O)NC2CCCCCC2)cc1)c1ccccc1. The summed E-state index contributed by atoms with van der Waals surface area (Å²) in [7, 11) is -1.86. The topological polar surface area (TPSA) is 66.5 Å². The van der Waals surface area contributed by atoms with Gasteiger partial charge in [-0.1, -0.05) is 43.9 Å². The van der Waals surface area contributed by atoms with E-state index in [0.29, 0.717) is 5.56 Å². The molecule has 27 heavy (non-hydrogen) atoms. The summed E-state index contributed by atoms with van der Waals surface area (Å²) in [5.41, 5.74) is 1.24. The molecule has 3 rings (SSSR count). The predicted molar refractivity (Wildman–Crippen MR) is 107 cm³/mol. The zero-order valence-corrected chi connectivity index (χ0v) is 16.4. The molecule has 1 amide bonds. The van der Waals surface area contributed by atoms with Crippen LogP contribution in [0, 0.1) is 0 Å². The minimum atomic E-state index is -3.57. The maximum Gasteiger partial charge on any atom is 0.258 e. The number of hydrogen-bond donors (Lipinski definition) is 1. The number of carbonyl (C=O) groups is 1. The predicted octanol–water partition coefficient (Wildman–Crippen LogP) is 3.96. The van der Waals surface area contributed by atoms with Crippen molar-refractivity contribution >= 4 is 21.6 Å². The molecule has 0 heterocycles. The summed E-state index contributed by atoms with van der Waals surface area (Å²) >= 11 is 0. The van der Waals surface area contributed by atoms with E-state index in [4.69, 9.17) is 0 Å². The Morgan fingerprint density at radius 1 is 0.926 bits per heavy atom. The Kier molecular flexibility index (Phi) is 6.29. The van der Waals surface area contributed by atoms with Gasteiger partial charge in [-0.3, -0.25) is 4.79 Å². The summed E-state index contributed by atoms with van der Waals surface area (Å²) < 4.78 is 28.1. The molecule has 0 unspecified atom stereocenters. The fourth-order valence-electron chi connectivity index (χ4n) is 3.42. The van der Waals surface area contributed by atoms with Crippen molar-refractivity contribution in [3.05, 3.63) is 60.2 Å². The second-order valence-corrected chi connectivity index (χ2v) is 8.75. The Morgan fingerprint density at radius 2 is 1.52 bits per heavy atom. The largest absolute Gasteiger partial charge is 0.311 e. The highest BCUT2D eigenvalue weighted by atomic mass is 32.2. The Labute approximate surface area is 161 Å². The van der Waals surface area contributed by atoms with Gasteiger partial charge in [0.15, 0.2) is 0 Å². The fourth-order valence-corrected chi connectivity index (χ4v) is 4.73. The van der Waals surface area contributed by atoms with Crippen LogP contribution in [-0.4, -0.2) is 27.4 Å². The van der Waals surface area contributed by atoms with Crippen molar-refractivity contribution < 1.29 is 13.2 Å². The molecule has 0 aliphatic heterocycles. The summed E-state index contributed by atoms with van der Waals surface area (Å²) in [4.78, 5) is 14.4. The molecule has 6 heteroatoms. The highest BCUT2D eigenvalue weighted by Crippen LogP contribution is 2.21. The van der Waals surface area contributed by atoms with Crippen molar-refractivity contribution in [3.8, 4) is 0 Å². The van der Waals surface area contributed by atoms with E-state index in [2.05, 4.69) is 4.72 Å². The normalized spacial score (nSPS) is 15.9. The van der Waals surface area contributed by atoms with E-state index in [1.54, 1.807) is 24.1 Å². The van der Waals surface area contributed by atoms with E-state index in [1.807, 2.05) is 30.3 Å². The molecule has 1 saturated carbocycles. The number of amides is 1. The zero-order chi connectivity index (χ0) is 19.3. The molecule has 2 aromatic rings. The number of nitrogens with one attached hydrogen (secondary N) is 1. The molecule has 0 atom stereocenters. The Balaban J connectivity index is 1.71. The Morgan fingerprint density at radius 3 is 2.11 bits per heavy atom. The Bertz CT molecular complexity index is 856. The van der Waals surface area contributed by atoms with Crippen LogP contribution in [-0.2, 0) is 10.0 Å². The van der Waals surface area contributed by atoms with Crippen molar-refractivity contribution in [2.24, 2.45) is 0 Å². The van der Waals surface area contributed by atoms with Crippen LogP contribution >= 0.6 is 0 Å². The van der Waals surface area contributed by atoms with Crippen molar-refractivity contribution in [3.63, 3.8) is 0 Å². The maximum absolute atomic E-state index is 12.6. The van der Waals surface area contributed by atoms with Gasteiger partial charge >= 0.3 is 0 Å². The van der Waals surface area contributed by atoms with Gasteiger partial charge in [0.05, 0.1) is 4.90 Å². The fraction of sp³-hybridized carbons (Fsp3) is 0.381. The molecule has 1 aliphatic carbocycles. The molecule has 0 bridgehead atoms. The Hall–Kier alpha value is -2.18. The molecular formula is C21H26N2O3S. The van der Waals surface area contributed by atoms with Crippen LogP contribution in [0.15, 0.2) is 59.5 Å². The lowest BCUT2D eigenvalue weighted by molar-refractivity contribution is 0.0993. The summed E-state index contributed by atoms with van der Waals surface area (Å²) in [6.07, 6.45) is 6.24. The first-order valence-corrected chi connectivity index (χ1v) is 10.9. The van der Waals surface area contributed by atoms with Crippen molar-refractivity contribution in [1.82, 2.24) is 4.72 Å². The van der Waals surface area contributed by atoms with Crippen LogP contribution in [0.4, 0.5) is 5.69 Å². The molecule has 5 nitrogen and oxygen atoms in total. The van der Waals surface area contributed by atoms with Gasteiger partial charge in [-0.2, -0.15) is 0 Å². The summed E-state index contributed by atoms with van der Waals surface area (Å²) in [5.74, 6) is -0.179. The number of carbonyl (C=O) groups excluding carboxylic acids is 1. The highest BCUT2D eigenvalue weighted by Gasteiger charge is 2.22. The van der Waals surface area contributed by atoms with Gasteiger partial charge in [0.1, 0.15) is 0 Å². The molecule has 0 aromatic heterocycles. The molecule has 0 radical (unpaired) electrons. The zero-order valence-electron chi connectivity index (χ0n) is 15.6. The van der Waals surface area contributed by atoms with Gasteiger partial charge in [-0.25, -0.2) is 13.1 Å². The van der Waals surface area contributed by atoms with Crippen LogP contribution in [0.5, 0.6) is 0 Å². The number of anilines is 1. The second kappa shape index (κ2) is 8.67. The quantitative estimate of drug-likeness (QED) is 0.791. The van der Waals surface area contributed by atoms with Gasteiger partial charge < -0.3 is 4.90 Å². The molecule has 2 aromatic carbocycles. The van der Waals surface area contributed by atoms with Crippen LogP contribution in [0.3, 0.4) is 0 Å². The molecule has 0 saturated heterocycles. The number of hydrogen-bond acceptors (Lipinski definition) is 3. The average molecular weight is 387 g/mol. The maximum atomic E-state index is 12.6. The molecular weight excluding hydrogens is 360 g/mol. The summed E-state index contributed by atoms with van der Waals surface area (Å²) in [5, 5.41) is 0. The van der Waals surface area contributed by atoms with Crippen LogP contribution < -0.4 is 9.62 Å². The molecule has 1 N–H and O–H groups in total. The van der Waals surface area contributed by atoms with E-state index >= 15 is 0 Å². The molecule has 1 aliphatic rings. The number of sulfonamides is 1. The van der Waals surface area contributed by atoms with Crippen molar-refractivity contribution in [1.29, 1.82) is 0 Å². The summed E-state index contributed by atoms with van der Waals surface area (Å²) in [6.45, 7) is 0. The molecule has 1 fully saturated rings. The van der Waals surface area contributed by atoms with E-state index in [1.165, 1.54) is 25.0 Å². The number of rotatable bonds is 5. The van der Waals surface area contributed by atoms with E-state index in [9.17, 15) is 13.2 Å². The monoisotopic (exact) mass is 386 g/mol. The van der Waals surface area contributed by atoms with E-state index < -0.39 is 10.0 Å². The smallest absolute Gasteiger partial charge is 0.258 e. The second-order valence-electron chi connectivity index (χ2n) is 7.03. The number of benzene rings is 2. The van der Waals surface area contributed by atoms with Crippen LogP contribution in [0.2, 0.25) is 0 Å². The molecule has 0 spiro atoms. The van der Waals surface area contributed by atoms with E-state index in [0.717, 1.165) is 31.4 Å². The van der Waals surface area contributed by atoms with Gasteiger partial charge in [-0.05, 0) is 49.2 Å². The van der Waals surface area contributed by atoms with Crippen LogP contribution in [0.1, 0.15) is 48.9 Å². The van der Waals surface area contributed by atoms with Crippen LogP contribution in [0.25, 0.3) is 0 Å². The minimum absolute atomic E-state index is 0.00280. The third-order valence-electron chi connectivity index (χ3n) is 5.04. The standard InChI is InChI=1S/C21H26N2O3S/c1-23(19-11-7-4-8-12-19)21(24)17-13-15-20(16-14-17)27(25,26)22-18-9-5-2-3-6-10-18/h4,7-8,11-16,18,22H,2-3,5-6,9-10H2,1H3. The average Bonchev–Trinajstić information content (AvgIpc) is 2.96. The summed E-state index contributed by atoms with van der Waals surface area (Å²) in [6, 6.07) is 15.5. The molecule has 144 valence electrons. The van der Waals surface area contributed by atoms with E-state index in [-0.39, 0.29) is 16.8 Å². The van der Waals surface area contributed by atoms with Crippen molar-refractivity contribution in [2.75, 3.05) is 11.9 Å². The van der Waals surface area contributed by atoms with Crippen molar-refractivity contribution in [2.45, 2.75) is 49.5 Å². The first-order chi connectivity index (χ1) is 13.0. The lowest BCUT2D eigenvalue weighted by atomic mass is 10.1. The lowest BCUT2D eigenvalue weighted by Crippen LogP contribution is -2.34. The number of nitrogens with zero attached hydrogens (tertiary/aromatic N) is 1. The third-order valence-corrected chi connectivity index (χ3v) is 6.57. The van der Waals surface area contributed by atoms with Gasteiger partial charge in [0.25, 0.3) is 5.91 Å². The number of para-hydroxylation sites is 1. The first-order valence-electron chi connectivity index (χ1n) is 9.43. The van der Waals surface area contributed by atoms with Gasteiger partial charge in [-0.15, -0.1) is 0 Å². The van der Waals surface area contributed by atoms with Gasteiger partial charge in [0.2, 0.25) is 10.0 Å². The highest BCUT2D eigenvalue weighted by molar-refractivity contribution is 7.89.